The number of rotatable bonds is 5. The highest BCUT2D eigenvalue weighted by atomic mass is 32.2. The van der Waals surface area contributed by atoms with E-state index in [1.165, 1.54) is 24.3 Å². The molecule has 1 heterocycles. The highest BCUT2D eigenvalue weighted by molar-refractivity contribution is 7.93. The van der Waals surface area contributed by atoms with Gasteiger partial charge < -0.3 is 5.32 Å². The fraction of sp³-hybridized carbons (Fsp3) is 0.316. The van der Waals surface area contributed by atoms with Gasteiger partial charge in [-0.15, -0.1) is 0 Å². The lowest BCUT2D eigenvalue weighted by molar-refractivity contribution is -0.120. The Morgan fingerprint density at radius 3 is 2.65 bits per heavy atom. The van der Waals surface area contributed by atoms with Gasteiger partial charge in [0.1, 0.15) is 12.4 Å². The van der Waals surface area contributed by atoms with Crippen molar-refractivity contribution in [2.75, 3.05) is 10.8 Å². The first-order chi connectivity index (χ1) is 12.3. The van der Waals surface area contributed by atoms with Gasteiger partial charge >= 0.3 is 0 Å². The van der Waals surface area contributed by atoms with Crippen molar-refractivity contribution in [3.8, 4) is 11.1 Å². The van der Waals surface area contributed by atoms with Crippen LogP contribution in [0, 0.1) is 5.82 Å². The SMILES string of the molecule is CCC[C@@H](C)NC(=O)CN1c2ccc(F)cc2-c2ccccc2S1(=O)=O. The van der Waals surface area contributed by atoms with Crippen molar-refractivity contribution in [2.45, 2.75) is 37.6 Å². The molecule has 7 heteroatoms. The molecule has 5 nitrogen and oxygen atoms in total. The van der Waals surface area contributed by atoms with E-state index >= 15 is 0 Å². The molecular weight excluding hydrogens is 355 g/mol. The standard InChI is InChI=1S/C19H21FN2O3S/c1-3-6-13(2)21-19(23)12-22-17-10-9-14(20)11-16(17)15-7-4-5-8-18(15)26(22,24)25/h4-5,7-11,13H,3,6,12H2,1-2H3,(H,21,23)/t13-/m1/s1. The minimum atomic E-state index is -3.90. The number of fused-ring (bicyclic) bond motifs is 3. The molecule has 1 aliphatic heterocycles. The molecule has 138 valence electrons. The predicted octanol–water partition coefficient (Wildman–Crippen LogP) is 3.31. The molecule has 0 radical (unpaired) electrons. The molecule has 0 spiro atoms. The molecule has 26 heavy (non-hydrogen) atoms. The zero-order valence-corrected chi connectivity index (χ0v) is 15.5. The largest absolute Gasteiger partial charge is 0.352 e. The Labute approximate surface area is 152 Å². The van der Waals surface area contributed by atoms with E-state index in [9.17, 15) is 17.6 Å². The molecule has 2 aromatic rings. The number of carbonyl (C=O) groups is 1. The Bertz CT molecular complexity index is 944. The lowest BCUT2D eigenvalue weighted by Crippen LogP contribution is -2.44. The van der Waals surface area contributed by atoms with Crippen LogP contribution in [0.4, 0.5) is 10.1 Å². The maximum atomic E-state index is 13.8. The van der Waals surface area contributed by atoms with Gasteiger partial charge in [-0.05, 0) is 37.6 Å². The normalized spacial score (nSPS) is 15.7. The van der Waals surface area contributed by atoms with Gasteiger partial charge in [0.05, 0.1) is 10.6 Å². The number of hydrogen-bond donors (Lipinski definition) is 1. The van der Waals surface area contributed by atoms with Crippen LogP contribution in [0.5, 0.6) is 0 Å². The third-order valence-corrected chi connectivity index (χ3v) is 6.21. The quantitative estimate of drug-likeness (QED) is 0.871. The van der Waals surface area contributed by atoms with Crippen LogP contribution in [0.2, 0.25) is 0 Å². The maximum absolute atomic E-state index is 13.8. The Morgan fingerprint density at radius 1 is 1.19 bits per heavy atom. The fourth-order valence-electron chi connectivity index (χ4n) is 3.23. The molecule has 2 aromatic carbocycles. The van der Waals surface area contributed by atoms with E-state index in [2.05, 4.69) is 5.32 Å². The van der Waals surface area contributed by atoms with Gasteiger partial charge in [-0.25, -0.2) is 12.8 Å². The van der Waals surface area contributed by atoms with Crippen LogP contribution in [-0.2, 0) is 14.8 Å². The molecular formula is C19H21FN2O3S. The molecule has 1 amide bonds. The van der Waals surface area contributed by atoms with Crippen molar-refractivity contribution in [3.05, 3.63) is 48.3 Å². The highest BCUT2D eigenvalue weighted by Gasteiger charge is 2.36. The summed E-state index contributed by atoms with van der Waals surface area (Å²) in [5.74, 6) is -0.844. The summed E-state index contributed by atoms with van der Waals surface area (Å²) in [6, 6.07) is 10.3. The Balaban J connectivity index is 2.02. The van der Waals surface area contributed by atoms with Crippen LogP contribution >= 0.6 is 0 Å². The zero-order valence-electron chi connectivity index (χ0n) is 14.7. The Hall–Kier alpha value is -2.41. The van der Waals surface area contributed by atoms with Gasteiger partial charge in [0.25, 0.3) is 10.0 Å². The van der Waals surface area contributed by atoms with Gasteiger partial charge in [0.2, 0.25) is 5.91 Å². The third-order valence-electron chi connectivity index (χ3n) is 4.39. The van der Waals surface area contributed by atoms with Crippen molar-refractivity contribution in [1.82, 2.24) is 5.32 Å². The summed E-state index contributed by atoms with van der Waals surface area (Å²) in [6.07, 6.45) is 1.72. The second-order valence-corrected chi connectivity index (χ2v) is 8.26. The van der Waals surface area contributed by atoms with Crippen molar-refractivity contribution < 1.29 is 17.6 Å². The number of nitrogens with zero attached hydrogens (tertiary/aromatic N) is 1. The number of anilines is 1. The van der Waals surface area contributed by atoms with E-state index in [0.29, 0.717) is 16.8 Å². The lowest BCUT2D eigenvalue weighted by Gasteiger charge is -2.32. The third kappa shape index (κ3) is 3.31. The number of nitrogens with one attached hydrogen (secondary N) is 1. The lowest BCUT2D eigenvalue weighted by atomic mass is 10.0. The van der Waals surface area contributed by atoms with Gasteiger partial charge in [0, 0.05) is 17.2 Å². The van der Waals surface area contributed by atoms with Crippen LogP contribution in [0.15, 0.2) is 47.4 Å². The summed E-state index contributed by atoms with van der Waals surface area (Å²) in [4.78, 5) is 12.5. The Morgan fingerprint density at radius 2 is 1.92 bits per heavy atom. The highest BCUT2D eigenvalue weighted by Crippen LogP contribution is 2.42. The smallest absolute Gasteiger partial charge is 0.265 e. The summed E-state index contributed by atoms with van der Waals surface area (Å²) in [6.45, 7) is 3.55. The molecule has 0 unspecified atom stereocenters. The van der Waals surface area contributed by atoms with Gasteiger partial charge in [0.15, 0.2) is 0 Å². The van der Waals surface area contributed by atoms with E-state index in [0.717, 1.165) is 17.1 Å². The van der Waals surface area contributed by atoms with E-state index in [-0.39, 0.29) is 23.4 Å². The summed E-state index contributed by atoms with van der Waals surface area (Å²) in [7, 11) is -3.90. The van der Waals surface area contributed by atoms with Crippen LogP contribution < -0.4 is 9.62 Å². The van der Waals surface area contributed by atoms with Crippen molar-refractivity contribution in [3.63, 3.8) is 0 Å². The molecule has 0 aromatic heterocycles. The molecule has 0 fully saturated rings. The molecule has 0 saturated carbocycles. The van der Waals surface area contributed by atoms with Gasteiger partial charge in [-0.1, -0.05) is 31.5 Å². The molecule has 0 saturated heterocycles. The summed E-state index contributed by atoms with van der Waals surface area (Å²) >= 11 is 0. The van der Waals surface area contributed by atoms with Crippen molar-refractivity contribution >= 4 is 21.6 Å². The van der Waals surface area contributed by atoms with Crippen LogP contribution in [0.25, 0.3) is 11.1 Å². The van der Waals surface area contributed by atoms with Crippen molar-refractivity contribution in [1.29, 1.82) is 0 Å². The molecule has 1 aliphatic rings. The number of amides is 1. The molecule has 0 aliphatic carbocycles. The summed E-state index contributed by atoms with van der Waals surface area (Å²) < 4.78 is 40.9. The average molecular weight is 376 g/mol. The van der Waals surface area contributed by atoms with Gasteiger partial charge in [-0.3, -0.25) is 9.10 Å². The second kappa shape index (κ2) is 7.07. The first kappa shape index (κ1) is 18.4. The number of sulfonamides is 1. The minimum absolute atomic E-state index is 0.0417. The van der Waals surface area contributed by atoms with E-state index in [1.54, 1.807) is 18.2 Å². The molecule has 0 bridgehead atoms. The zero-order chi connectivity index (χ0) is 18.9. The first-order valence-electron chi connectivity index (χ1n) is 8.55. The second-order valence-electron chi connectivity index (χ2n) is 6.43. The van der Waals surface area contributed by atoms with Crippen LogP contribution in [0.1, 0.15) is 26.7 Å². The first-order valence-corrected chi connectivity index (χ1v) is 9.99. The average Bonchev–Trinajstić information content (AvgIpc) is 2.59. The van der Waals surface area contributed by atoms with E-state index in [1.807, 2.05) is 13.8 Å². The predicted molar refractivity (Wildman–Crippen MR) is 98.9 cm³/mol. The van der Waals surface area contributed by atoms with E-state index < -0.39 is 15.8 Å². The Kier molecular flexibility index (Phi) is 5.00. The fourth-order valence-corrected chi connectivity index (χ4v) is 4.88. The molecule has 1 N–H and O–H groups in total. The molecule has 1 atom stereocenters. The molecule has 3 rings (SSSR count). The number of halogens is 1. The van der Waals surface area contributed by atoms with Gasteiger partial charge in [-0.2, -0.15) is 0 Å². The van der Waals surface area contributed by atoms with Crippen LogP contribution in [0.3, 0.4) is 0 Å². The summed E-state index contributed by atoms with van der Waals surface area (Å²) in [5, 5.41) is 2.81. The number of benzene rings is 2. The summed E-state index contributed by atoms with van der Waals surface area (Å²) in [5.41, 5.74) is 1.21. The number of carbonyl (C=O) groups excluding carboxylic acids is 1. The topological polar surface area (TPSA) is 66.5 Å². The minimum Gasteiger partial charge on any atom is -0.352 e. The monoisotopic (exact) mass is 376 g/mol. The van der Waals surface area contributed by atoms with Crippen molar-refractivity contribution in [2.24, 2.45) is 0 Å². The number of hydrogen-bond acceptors (Lipinski definition) is 3. The van der Waals surface area contributed by atoms with E-state index in [4.69, 9.17) is 0 Å². The maximum Gasteiger partial charge on any atom is 0.265 e. The van der Waals surface area contributed by atoms with Crippen LogP contribution in [-0.4, -0.2) is 26.9 Å².